The molecule has 0 amide bonds. The highest BCUT2D eigenvalue weighted by atomic mass is 19.1. The van der Waals surface area contributed by atoms with E-state index in [0.29, 0.717) is 18.3 Å². The first-order chi connectivity index (χ1) is 8.15. The van der Waals surface area contributed by atoms with Crippen molar-refractivity contribution in [2.75, 3.05) is 11.4 Å². The SMILES string of the molecule is C=CCN(c1cccc(F)c1C(C)=O)C1CC1. The first kappa shape index (κ1) is 11.8. The van der Waals surface area contributed by atoms with E-state index in [1.807, 2.05) is 6.07 Å². The molecule has 0 aliphatic heterocycles. The third-order valence-corrected chi connectivity index (χ3v) is 2.97. The molecule has 1 saturated carbocycles. The number of benzene rings is 1. The molecule has 1 aliphatic rings. The molecule has 0 atom stereocenters. The van der Waals surface area contributed by atoms with Crippen molar-refractivity contribution >= 4 is 11.5 Å². The van der Waals surface area contributed by atoms with Gasteiger partial charge in [0, 0.05) is 12.6 Å². The number of hydrogen-bond acceptors (Lipinski definition) is 2. The van der Waals surface area contributed by atoms with E-state index in [4.69, 9.17) is 0 Å². The number of hydrogen-bond donors (Lipinski definition) is 0. The molecule has 0 unspecified atom stereocenters. The molecule has 0 radical (unpaired) electrons. The Morgan fingerprint density at radius 3 is 2.82 bits per heavy atom. The maximum absolute atomic E-state index is 13.7. The second-order valence-corrected chi connectivity index (χ2v) is 4.36. The van der Waals surface area contributed by atoms with Crippen molar-refractivity contribution in [3.63, 3.8) is 0 Å². The van der Waals surface area contributed by atoms with Gasteiger partial charge in [0.1, 0.15) is 5.82 Å². The second-order valence-electron chi connectivity index (χ2n) is 4.36. The summed E-state index contributed by atoms with van der Waals surface area (Å²) in [6, 6.07) is 5.21. The maximum Gasteiger partial charge on any atom is 0.164 e. The number of Topliss-reactive ketones (excluding diaryl/α,β-unsaturated/α-hetero) is 1. The Morgan fingerprint density at radius 2 is 2.29 bits per heavy atom. The van der Waals surface area contributed by atoms with E-state index in [2.05, 4.69) is 11.5 Å². The first-order valence-corrected chi connectivity index (χ1v) is 5.82. The van der Waals surface area contributed by atoms with E-state index in [0.717, 1.165) is 12.8 Å². The van der Waals surface area contributed by atoms with Crippen LogP contribution in [0.2, 0.25) is 0 Å². The van der Waals surface area contributed by atoms with Crippen LogP contribution in [0.4, 0.5) is 10.1 Å². The van der Waals surface area contributed by atoms with Crippen LogP contribution in [0.5, 0.6) is 0 Å². The van der Waals surface area contributed by atoms with Crippen LogP contribution in [-0.2, 0) is 0 Å². The highest BCUT2D eigenvalue weighted by Gasteiger charge is 2.30. The van der Waals surface area contributed by atoms with Gasteiger partial charge in [0.05, 0.1) is 11.3 Å². The van der Waals surface area contributed by atoms with E-state index in [9.17, 15) is 9.18 Å². The smallest absolute Gasteiger partial charge is 0.164 e. The van der Waals surface area contributed by atoms with E-state index in [-0.39, 0.29) is 11.3 Å². The summed E-state index contributed by atoms with van der Waals surface area (Å²) in [5.41, 5.74) is 0.890. The fraction of sp³-hybridized carbons (Fsp3) is 0.357. The zero-order valence-electron chi connectivity index (χ0n) is 9.95. The van der Waals surface area contributed by atoms with Crippen LogP contribution in [0.3, 0.4) is 0 Å². The van der Waals surface area contributed by atoms with E-state index in [1.54, 1.807) is 12.1 Å². The molecule has 90 valence electrons. The summed E-state index contributed by atoms with van der Waals surface area (Å²) >= 11 is 0. The largest absolute Gasteiger partial charge is 0.364 e. The molecular formula is C14H16FNO. The molecule has 2 rings (SSSR count). The zero-order chi connectivity index (χ0) is 12.4. The molecule has 0 aromatic heterocycles. The van der Waals surface area contributed by atoms with Crippen molar-refractivity contribution < 1.29 is 9.18 Å². The average Bonchev–Trinajstić information content (AvgIpc) is 3.08. The Kier molecular flexibility index (Phi) is 3.27. The summed E-state index contributed by atoms with van der Waals surface area (Å²) in [5, 5.41) is 0. The van der Waals surface area contributed by atoms with Crippen LogP contribution < -0.4 is 4.90 Å². The van der Waals surface area contributed by atoms with Crippen molar-refractivity contribution in [2.45, 2.75) is 25.8 Å². The van der Waals surface area contributed by atoms with Gasteiger partial charge in [-0.05, 0) is 31.9 Å². The quantitative estimate of drug-likeness (QED) is 0.575. The Balaban J connectivity index is 2.44. The fourth-order valence-corrected chi connectivity index (χ4v) is 2.07. The van der Waals surface area contributed by atoms with Crippen LogP contribution in [-0.4, -0.2) is 18.4 Å². The Hall–Kier alpha value is -1.64. The van der Waals surface area contributed by atoms with Gasteiger partial charge in [-0.2, -0.15) is 0 Å². The Morgan fingerprint density at radius 1 is 1.59 bits per heavy atom. The minimum atomic E-state index is -0.440. The zero-order valence-corrected chi connectivity index (χ0v) is 9.95. The van der Waals surface area contributed by atoms with E-state index >= 15 is 0 Å². The lowest BCUT2D eigenvalue weighted by atomic mass is 10.1. The summed E-state index contributed by atoms with van der Waals surface area (Å²) in [6.45, 7) is 5.76. The number of carbonyl (C=O) groups excluding carboxylic acids is 1. The normalized spacial score (nSPS) is 14.5. The van der Waals surface area contributed by atoms with Crippen LogP contribution in [0.25, 0.3) is 0 Å². The van der Waals surface area contributed by atoms with Gasteiger partial charge < -0.3 is 4.90 Å². The first-order valence-electron chi connectivity index (χ1n) is 5.82. The molecule has 3 heteroatoms. The Labute approximate surface area is 101 Å². The van der Waals surface area contributed by atoms with Crippen molar-refractivity contribution in [1.82, 2.24) is 0 Å². The predicted octanol–water partition coefficient (Wildman–Crippen LogP) is 3.18. The molecular weight excluding hydrogens is 217 g/mol. The van der Waals surface area contributed by atoms with Gasteiger partial charge in [0.2, 0.25) is 0 Å². The van der Waals surface area contributed by atoms with E-state index < -0.39 is 5.82 Å². The van der Waals surface area contributed by atoms with Crippen LogP contribution >= 0.6 is 0 Å². The van der Waals surface area contributed by atoms with Crippen molar-refractivity contribution in [3.05, 3.63) is 42.2 Å². The number of nitrogens with zero attached hydrogens (tertiary/aromatic N) is 1. The number of halogens is 1. The topological polar surface area (TPSA) is 20.3 Å². The summed E-state index contributed by atoms with van der Waals surface area (Å²) in [6.07, 6.45) is 3.98. The lowest BCUT2D eigenvalue weighted by Gasteiger charge is -2.25. The molecule has 0 N–H and O–H groups in total. The minimum Gasteiger partial charge on any atom is -0.364 e. The van der Waals surface area contributed by atoms with Gasteiger partial charge in [-0.15, -0.1) is 6.58 Å². The van der Waals surface area contributed by atoms with E-state index in [1.165, 1.54) is 13.0 Å². The predicted molar refractivity (Wildman–Crippen MR) is 67.0 cm³/mol. The van der Waals surface area contributed by atoms with Gasteiger partial charge in [-0.1, -0.05) is 12.1 Å². The summed E-state index contributed by atoms with van der Waals surface area (Å²) in [4.78, 5) is 13.6. The molecule has 1 aromatic rings. The van der Waals surface area contributed by atoms with Gasteiger partial charge in [-0.25, -0.2) is 4.39 Å². The average molecular weight is 233 g/mol. The Bertz CT molecular complexity index is 452. The van der Waals surface area contributed by atoms with Crippen LogP contribution in [0.15, 0.2) is 30.9 Å². The highest BCUT2D eigenvalue weighted by Crippen LogP contribution is 2.34. The lowest BCUT2D eigenvalue weighted by molar-refractivity contribution is 0.101. The molecule has 1 aromatic carbocycles. The van der Waals surface area contributed by atoms with Gasteiger partial charge in [0.15, 0.2) is 5.78 Å². The van der Waals surface area contributed by atoms with Crippen LogP contribution in [0, 0.1) is 5.82 Å². The number of carbonyl (C=O) groups is 1. The van der Waals surface area contributed by atoms with Gasteiger partial charge >= 0.3 is 0 Å². The van der Waals surface area contributed by atoms with Gasteiger partial charge in [-0.3, -0.25) is 4.79 Å². The van der Waals surface area contributed by atoms with Gasteiger partial charge in [0.25, 0.3) is 0 Å². The summed E-state index contributed by atoms with van der Waals surface area (Å²) in [5.74, 6) is -0.669. The lowest BCUT2D eigenvalue weighted by Crippen LogP contribution is -2.27. The molecule has 0 saturated heterocycles. The van der Waals surface area contributed by atoms with Crippen molar-refractivity contribution in [1.29, 1.82) is 0 Å². The third kappa shape index (κ3) is 2.38. The number of rotatable bonds is 5. The van der Waals surface area contributed by atoms with Crippen molar-refractivity contribution in [3.8, 4) is 0 Å². The standard InChI is InChI=1S/C14H16FNO/c1-3-9-16(11-7-8-11)13-6-4-5-12(15)14(13)10(2)17/h3-6,11H,1,7-9H2,2H3. The molecule has 1 aliphatic carbocycles. The maximum atomic E-state index is 13.7. The molecule has 1 fully saturated rings. The molecule has 0 spiro atoms. The number of anilines is 1. The minimum absolute atomic E-state index is 0.196. The third-order valence-electron chi connectivity index (χ3n) is 2.97. The highest BCUT2D eigenvalue weighted by molar-refractivity contribution is 6.00. The summed E-state index contributed by atoms with van der Waals surface area (Å²) < 4.78 is 13.7. The van der Waals surface area contributed by atoms with Crippen molar-refractivity contribution in [2.24, 2.45) is 0 Å². The van der Waals surface area contributed by atoms with Crippen LogP contribution in [0.1, 0.15) is 30.1 Å². The second kappa shape index (κ2) is 4.70. The monoisotopic (exact) mass is 233 g/mol. The molecule has 0 bridgehead atoms. The fourth-order valence-electron chi connectivity index (χ4n) is 2.07. The molecule has 17 heavy (non-hydrogen) atoms. The molecule has 0 heterocycles. The summed E-state index contributed by atoms with van der Waals surface area (Å²) in [7, 11) is 0. The number of ketones is 1. The molecule has 2 nitrogen and oxygen atoms in total.